The molecule has 3 amide bonds. The van der Waals surface area contributed by atoms with Crippen LogP contribution in [0, 0.1) is 0 Å². The Kier molecular flexibility index (Phi) is 4.83. The quantitative estimate of drug-likeness (QED) is 0.513. The van der Waals surface area contributed by atoms with Crippen molar-refractivity contribution in [3.63, 3.8) is 0 Å². The molecule has 0 saturated heterocycles. The maximum atomic E-state index is 12.3. The highest BCUT2D eigenvalue weighted by molar-refractivity contribution is 6.29. The Balaban J connectivity index is 1.28. The molecule has 1 aliphatic heterocycles. The molecular weight excluding hydrogens is 380 g/mol. The zero-order chi connectivity index (χ0) is 19.7. The highest BCUT2D eigenvalue weighted by atomic mass is 35.5. The molecule has 0 bridgehead atoms. The van der Waals surface area contributed by atoms with Crippen molar-refractivity contribution >= 4 is 35.0 Å². The van der Waals surface area contributed by atoms with Crippen LogP contribution in [-0.4, -0.2) is 38.6 Å². The van der Waals surface area contributed by atoms with E-state index in [0.29, 0.717) is 34.0 Å². The molecule has 8 heteroatoms. The molecule has 3 aromatic rings. The topological polar surface area (TPSA) is 83.8 Å². The summed E-state index contributed by atoms with van der Waals surface area (Å²) < 4.78 is 1.74. The summed E-state index contributed by atoms with van der Waals surface area (Å²) in [4.78, 5) is 42.3. The first-order chi connectivity index (χ1) is 13.5. The van der Waals surface area contributed by atoms with E-state index in [9.17, 15) is 14.4 Å². The predicted octanol–water partition coefficient (Wildman–Crippen LogP) is 2.68. The van der Waals surface area contributed by atoms with E-state index in [4.69, 9.17) is 11.6 Å². The molecule has 0 fully saturated rings. The zero-order valence-electron chi connectivity index (χ0n) is 14.9. The van der Waals surface area contributed by atoms with Gasteiger partial charge < -0.3 is 5.32 Å². The largest absolute Gasteiger partial charge is 0.350 e. The number of nitrogens with one attached hydrogen (secondary N) is 1. The van der Waals surface area contributed by atoms with Gasteiger partial charge in [-0.2, -0.15) is 0 Å². The summed E-state index contributed by atoms with van der Waals surface area (Å²) in [7, 11) is 0. The summed E-state index contributed by atoms with van der Waals surface area (Å²) in [5, 5.41) is 3.34. The number of imide groups is 1. The number of hydrogen-bond acceptors (Lipinski definition) is 4. The maximum Gasteiger partial charge on any atom is 0.261 e. The number of carbonyl (C=O) groups excluding carboxylic acids is 3. The third kappa shape index (κ3) is 3.36. The Morgan fingerprint density at radius 2 is 1.75 bits per heavy atom. The van der Waals surface area contributed by atoms with Gasteiger partial charge in [-0.1, -0.05) is 29.8 Å². The molecule has 28 heavy (non-hydrogen) atoms. The number of carbonyl (C=O) groups is 3. The second-order valence-corrected chi connectivity index (χ2v) is 6.88. The highest BCUT2D eigenvalue weighted by Crippen LogP contribution is 2.22. The SMILES string of the molecule is O=C(CCCN1C(=O)c2ccccc2C1=O)NCc1cn2c(Cl)cccc2n1. The molecule has 1 aliphatic rings. The number of nitrogens with zero attached hydrogens (tertiary/aromatic N) is 3. The van der Waals surface area contributed by atoms with E-state index in [-0.39, 0.29) is 37.2 Å². The smallest absolute Gasteiger partial charge is 0.261 e. The average Bonchev–Trinajstić information content (AvgIpc) is 3.22. The van der Waals surface area contributed by atoms with Crippen molar-refractivity contribution in [1.29, 1.82) is 0 Å². The van der Waals surface area contributed by atoms with Gasteiger partial charge >= 0.3 is 0 Å². The fourth-order valence-corrected chi connectivity index (χ4v) is 3.44. The van der Waals surface area contributed by atoms with Crippen molar-refractivity contribution in [2.24, 2.45) is 0 Å². The van der Waals surface area contributed by atoms with Gasteiger partial charge in [0.25, 0.3) is 11.8 Å². The molecule has 0 unspecified atom stereocenters. The molecule has 0 atom stereocenters. The van der Waals surface area contributed by atoms with Gasteiger partial charge in [0.05, 0.1) is 23.4 Å². The molecular formula is C20H17ClN4O3. The summed E-state index contributed by atoms with van der Waals surface area (Å²) in [6.45, 7) is 0.494. The van der Waals surface area contributed by atoms with Crippen molar-refractivity contribution in [1.82, 2.24) is 19.6 Å². The lowest BCUT2D eigenvalue weighted by Gasteiger charge is -2.13. The van der Waals surface area contributed by atoms with Gasteiger partial charge in [0.1, 0.15) is 10.8 Å². The van der Waals surface area contributed by atoms with Crippen LogP contribution in [0.25, 0.3) is 5.65 Å². The molecule has 2 aromatic heterocycles. The molecule has 142 valence electrons. The van der Waals surface area contributed by atoms with Crippen LogP contribution in [0.3, 0.4) is 0 Å². The number of benzene rings is 1. The van der Waals surface area contributed by atoms with Crippen molar-refractivity contribution in [3.05, 3.63) is 70.6 Å². The van der Waals surface area contributed by atoms with Crippen LogP contribution in [0.5, 0.6) is 0 Å². The highest BCUT2D eigenvalue weighted by Gasteiger charge is 2.34. The summed E-state index contributed by atoms with van der Waals surface area (Å²) in [5.74, 6) is -0.773. The Bertz CT molecular complexity index is 1060. The van der Waals surface area contributed by atoms with Gasteiger partial charge in [-0.05, 0) is 30.7 Å². The third-order valence-corrected chi connectivity index (χ3v) is 4.93. The number of imidazole rings is 1. The standard InChI is InChI=1S/C20H17ClN4O3/c21-16-7-3-8-17-23-13(12-25(16)17)11-22-18(26)9-4-10-24-19(27)14-5-1-2-6-15(14)20(24)28/h1-3,5-8,12H,4,9-11H2,(H,22,26). The molecule has 0 aliphatic carbocycles. The number of pyridine rings is 1. The minimum atomic E-state index is -0.303. The van der Waals surface area contributed by atoms with E-state index in [2.05, 4.69) is 10.3 Å². The van der Waals surface area contributed by atoms with Crippen molar-refractivity contribution in [2.75, 3.05) is 6.54 Å². The molecule has 0 radical (unpaired) electrons. The number of fused-ring (bicyclic) bond motifs is 2. The number of amides is 3. The summed E-state index contributed by atoms with van der Waals surface area (Å²) in [5.41, 5.74) is 2.24. The first kappa shape index (κ1) is 18.2. The number of rotatable bonds is 6. The van der Waals surface area contributed by atoms with Crippen molar-refractivity contribution in [2.45, 2.75) is 19.4 Å². The van der Waals surface area contributed by atoms with E-state index < -0.39 is 0 Å². The third-order valence-electron chi connectivity index (χ3n) is 4.62. The number of halogens is 1. The molecule has 0 spiro atoms. The van der Waals surface area contributed by atoms with Gasteiger partial charge in [0.2, 0.25) is 5.91 Å². The zero-order valence-corrected chi connectivity index (χ0v) is 15.6. The minimum absolute atomic E-state index is 0.167. The van der Waals surface area contributed by atoms with E-state index in [0.717, 1.165) is 0 Å². The second kappa shape index (κ2) is 7.44. The van der Waals surface area contributed by atoms with Crippen LogP contribution in [-0.2, 0) is 11.3 Å². The van der Waals surface area contributed by atoms with Crippen LogP contribution in [0.15, 0.2) is 48.7 Å². The lowest BCUT2D eigenvalue weighted by atomic mass is 10.1. The minimum Gasteiger partial charge on any atom is -0.350 e. The van der Waals surface area contributed by atoms with Crippen molar-refractivity contribution in [3.8, 4) is 0 Å². The van der Waals surface area contributed by atoms with E-state index >= 15 is 0 Å². The molecule has 4 rings (SSSR count). The molecule has 7 nitrogen and oxygen atoms in total. The first-order valence-electron chi connectivity index (χ1n) is 8.89. The summed E-state index contributed by atoms with van der Waals surface area (Å²) >= 11 is 6.10. The monoisotopic (exact) mass is 396 g/mol. The fraction of sp³-hybridized carbons (Fsp3) is 0.200. The van der Waals surface area contributed by atoms with Crippen LogP contribution in [0.2, 0.25) is 5.15 Å². The summed E-state index contributed by atoms with van der Waals surface area (Å²) in [6.07, 6.45) is 2.38. The van der Waals surface area contributed by atoms with Crippen LogP contribution in [0.1, 0.15) is 39.3 Å². The molecule has 3 heterocycles. The molecule has 0 saturated carbocycles. The Hall–Kier alpha value is -3.19. The van der Waals surface area contributed by atoms with Gasteiger partial charge in [-0.15, -0.1) is 0 Å². The van der Waals surface area contributed by atoms with Crippen molar-refractivity contribution < 1.29 is 14.4 Å². The lowest BCUT2D eigenvalue weighted by molar-refractivity contribution is -0.121. The number of aromatic nitrogens is 2. The second-order valence-electron chi connectivity index (χ2n) is 6.50. The van der Waals surface area contributed by atoms with E-state index in [1.807, 2.05) is 12.1 Å². The van der Waals surface area contributed by atoms with E-state index in [1.165, 1.54) is 4.90 Å². The average molecular weight is 397 g/mol. The fourth-order valence-electron chi connectivity index (χ4n) is 3.23. The van der Waals surface area contributed by atoms with Gasteiger partial charge in [0, 0.05) is 19.2 Å². The van der Waals surface area contributed by atoms with Crippen LogP contribution < -0.4 is 5.32 Å². The normalized spacial score (nSPS) is 13.2. The Labute approximate surface area is 165 Å². The Morgan fingerprint density at radius 1 is 1.04 bits per heavy atom. The summed E-state index contributed by atoms with van der Waals surface area (Å²) in [6, 6.07) is 12.1. The van der Waals surface area contributed by atoms with Gasteiger partial charge in [-0.25, -0.2) is 4.98 Å². The van der Waals surface area contributed by atoms with Crippen LogP contribution in [0.4, 0.5) is 0 Å². The van der Waals surface area contributed by atoms with Gasteiger partial charge in [-0.3, -0.25) is 23.7 Å². The number of hydrogen-bond donors (Lipinski definition) is 1. The Morgan fingerprint density at radius 3 is 2.43 bits per heavy atom. The predicted molar refractivity (Wildman–Crippen MR) is 103 cm³/mol. The lowest BCUT2D eigenvalue weighted by Crippen LogP contribution is -2.32. The molecule has 1 N–H and O–H groups in total. The van der Waals surface area contributed by atoms with E-state index in [1.54, 1.807) is 40.9 Å². The van der Waals surface area contributed by atoms with Crippen LogP contribution >= 0.6 is 11.6 Å². The maximum absolute atomic E-state index is 12.3. The van der Waals surface area contributed by atoms with Gasteiger partial charge in [0.15, 0.2) is 0 Å². The first-order valence-corrected chi connectivity index (χ1v) is 9.27. The molecule has 1 aromatic carbocycles.